The number of para-hydroxylation sites is 1. The van der Waals surface area contributed by atoms with Crippen LogP contribution in [0, 0.1) is 0 Å². The number of phenols is 1. The Balaban J connectivity index is 2.36. The lowest BCUT2D eigenvalue weighted by atomic mass is 10.0. The van der Waals surface area contributed by atoms with Crippen molar-refractivity contribution in [2.45, 2.75) is 6.18 Å². The number of nitrogens with one attached hydrogen (secondary N) is 1. The van der Waals surface area contributed by atoms with Gasteiger partial charge in [-0.25, -0.2) is 4.79 Å². The number of anilines is 1. The summed E-state index contributed by atoms with van der Waals surface area (Å²) in [6.45, 7) is 0. The van der Waals surface area contributed by atoms with Gasteiger partial charge in [-0.1, -0.05) is 18.2 Å². The molecule has 9 heteroatoms. The number of hydrogen-bond donors (Lipinski definition) is 2. The summed E-state index contributed by atoms with van der Waals surface area (Å²) in [5.74, 6) is -2.32. The lowest BCUT2D eigenvalue weighted by Crippen LogP contribution is -2.37. The summed E-state index contributed by atoms with van der Waals surface area (Å²) in [4.78, 5) is 25.0. The monoisotopic (exact) mass is 368 g/mol. The summed E-state index contributed by atoms with van der Waals surface area (Å²) in [5.41, 5.74) is -1.83. The molecule has 6 nitrogen and oxygen atoms in total. The van der Waals surface area contributed by atoms with Gasteiger partial charge in [0, 0.05) is 12.7 Å². The van der Waals surface area contributed by atoms with E-state index in [-0.39, 0.29) is 0 Å². The third kappa shape index (κ3) is 4.05. The fraction of sp³-hybridized carbons (Fsp3) is 0.176. The van der Waals surface area contributed by atoms with Gasteiger partial charge in [0.05, 0.1) is 18.2 Å². The standard InChI is InChI=1S/C17H15F3N2O4/c1-22(16(25)21-10-6-4-3-5-7-10)15(24)11-8-13(23)14(26-2)9-12(11)17(18,19)20/h3-9,23H,1-2H3,(H,21,25). The SMILES string of the molecule is COc1cc(C(F)(F)F)c(C(=O)N(C)C(=O)Nc2ccccc2)cc1O. The molecule has 0 aliphatic heterocycles. The maximum Gasteiger partial charge on any atom is 0.417 e. The first-order chi connectivity index (χ1) is 12.1. The molecule has 2 aromatic carbocycles. The predicted octanol–water partition coefficient (Wildman–Crippen LogP) is 3.72. The molecule has 0 aliphatic carbocycles. The highest BCUT2D eigenvalue weighted by Gasteiger charge is 2.38. The van der Waals surface area contributed by atoms with Crippen LogP contribution in [0.1, 0.15) is 15.9 Å². The van der Waals surface area contributed by atoms with Gasteiger partial charge in [-0.05, 0) is 24.3 Å². The molecule has 0 radical (unpaired) electrons. The average Bonchev–Trinajstić information content (AvgIpc) is 2.60. The number of imide groups is 1. The molecule has 2 N–H and O–H groups in total. The summed E-state index contributed by atoms with van der Waals surface area (Å²) < 4.78 is 44.4. The highest BCUT2D eigenvalue weighted by molar-refractivity contribution is 6.08. The van der Waals surface area contributed by atoms with Crippen LogP contribution in [0.3, 0.4) is 0 Å². The Morgan fingerprint density at radius 2 is 1.77 bits per heavy atom. The molecule has 0 aliphatic rings. The van der Waals surface area contributed by atoms with Crippen LogP contribution in [-0.2, 0) is 6.18 Å². The zero-order valence-corrected chi connectivity index (χ0v) is 13.8. The molecular formula is C17H15F3N2O4. The van der Waals surface area contributed by atoms with E-state index in [1.165, 1.54) is 0 Å². The largest absolute Gasteiger partial charge is 0.504 e. The molecule has 0 spiro atoms. The highest BCUT2D eigenvalue weighted by atomic mass is 19.4. The molecule has 138 valence electrons. The van der Waals surface area contributed by atoms with Crippen molar-refractivity contribution in [1.29, 1.82) is 0 Å². The number of ether oxygens (including phenoxy) is 1. The summed E-state index contributed by atoms with van der Waals surface area (Å²) in [6.07, 6.45) is -4.89. The average molecular weight is 368 g/mol. The van der Waals surface area contributed by atoms with Gasteiger partial charge in [0.25, 0.3) is 5.91 Å². The van der Waals surface area contributed by atoms with Gasteiger partial charge in [0.1, 0.15) is 0 Å². The number of amides is 3. The Labute approximate surface area is 146 Å². The molecule has 3 amide bonds. The normalized spacial score (nSPS) is 11.0. The molecule has 0 unspecified atom stereocenters. The van der Waals surface area contributed by atoms with E-state index in [9.17, 15) is 27.9 Å². The Morgan fingerprint density at radius 1 is 1.15 bits per heavy atom. The zero-order valence-electron chi connectivity index (χ0n) is 13.8. The number of urea groups is 1. The van der Waals surface area contributed by atoms with E-state index in [2.05, 4.69) is 10.1 Å². The Kier molecular flexibility index (Phi) is 5.39. The van der Waals surface area contributed by atoms with E-state index in [0.717, 1.165) is 14.2 Å². The molecule has 2 aromatic rings. The van der Waals surface area contributed by atoms with Crippen LogP contribution in [0.4, 0.5) is 23.7 Å². The number of phenolic OH excluding ortho intramolecular Hbond substituents is 1. The van der Waals surface area contributed by atoms with E-state index in [0.29, 0.717) is 22.7 Å². The van der Waals surface area contributed by atoms with Gasteiger partial charge in [0.15, 0.2) is 11.5 Å². The molecule has 2 rings (SSSR count). The van der Waals surface area contributed by atoms with E-state index in [1.54, 1.807) is 30.3 Å². The van der Waals surface area contributed by atoms with Gasteiger partial charge in [-0.15, -0.1) is 0 Å². The molecule has 0 atom stereocenters. The van der Waals surface area contributed by atoms with Gasteiger partial charge in [-0.3, -0.25) is 9.69 Å². The maximum absolute atomic E-state index is 13.3. The van der Waals surface area contributed by atoms with E-state index >= 15 is 0 Å². The quantitative estimate of drug-likeness (QED) is 0.865. The topological polar surface area (TPSA) is 78.9 Å². The van der Waals surface area contributed by atoms with Gasteiger partial charge in [0.2, 0.25) is 0 Å². The second kappa shape index (κ2) is 7.34. The maximum atomic E-state index is 13.3. The first-order valence-corrected chi connectivity index (χ1v) is 7.27. The molecule has 0 saturated heterocycles. The number of hydrogen-bond acceptors (Lipinski definition) is 4. The first-order valence-electron chi connectivity index (χ1n) is 7.27. The number of aromatic hydroxyl groups is 1. The van der Waals surface area contributed by atoms with Gasteiger partial charge < -0.3 is 15.2 Å². The van der Waals surface area contributed by atoms with Crippen LogP contribution >= 0.6 is 0 Å². The summed E-state index contributed by atoms with van der Waals surface area (Å²) in [7, 11) is 2.11. The van der Waals surface area contributed by atoms with Crippen molar-refractivity contribution < 1.29 is 32.6 Å². The molecule has 0 saturated carbocycles. The first kappa shape index (κ1) is 19.1. The Morgan fingerprint density at radius 3 is 2.31 bits per heavy atom. The lowest BCUT2D eigenvalue weighted by Gasteiger charge is -2.20. The van der Waals surface area contributed by atoms with Crippen molar-refractivity contribution in [2.24, 2.45) is 0 Å². The molecule has 0 bridgehead atoms. The Bertz CT molecular complexity index is 823. The van der Waals surface area contributed by atoms with Crippen LogP contribution in [0.5, 0.6) is 11.5 Å². The lowest BCUT2D eigenvalue weighted by molar-refractivity contribution is -0.138. The summed E-state index contributed by atoms with van der Waals surface area (Å²) in [6, 6.07) is 8.29. The number of benzene rings is 2. The number of methoxy groups -OCH3 is 1. The van der Waals surface area contributed by atoms with Crippen LogP contribution in [0.15, 0.2) is 42.5 Å². The second-order valence-electron chi connectivity index (χ2n) is 5.23. The van der Waals surface area contributed by atoms with Crippen molar-refractivity contribution in [2.75, 3.05) is 19.5 Å². The van der Waals surface area contributed by atoms with Crippen molar-refractivity contribution in [3.8, 4) is 11.5 Å². The van der Waals surface area contributed by atoms with E-state index in [4.69, 9.17) is 0 Å². The Hall–Kier alpha value is -3.23. The van der Waals surface area contributed by atoms with E-state index in [1.807, 2.05) is 0 Å². The van der Waals surface area contributed by atoms with Crippen molar-refractivity contribution >= 4 is 17.6 Å². The third-order valence-electron chi connectivity index (χ3n) is 3.49. The number of carbonyl (C=O) groups is 2. The van der Waals surface area contributed by atoms with Gasteiger partial charge in [-0.2, -0.15) is 13.2 Å². The summed E-state index contributed by atoms with van der Waals surface area (Å²) in [5, 5.41) is 12.1. The van der Waals surface area contributed by atoms with Crippen LogP contribution < -0.4 is 10.1 Å². The number of alkyl halides is 3. The zero-order chi connectivity index (χ0) is 19.5. The van der Waals surface area contributed by atoms with Crippen LogP contribution in [-0.4, -0.2) is 36.1 Å². The highest BCUT2D eigenvalue weighted by Crippen LogP contribution is 2.39. The summed E-state index contributed by atoms with van der Waals surface area (Å²) >= 11 is 0. The molecular weight excluding hydrogens is 353 g/mol. The van der Waals surface area contributed by atoms with Crippen molar-refractivity contribution in [3.05, 3.63) is 53.6 Å². The van der Waals surface area contributed by atoms with Crippen molar-refractivity contribution in [3.63, 3.8) is 0 Å². The number of rotatable bonds is 3. The predicted molar refractivity (Wildman–Crippen MR) is 87.2 cm³/mol. The van der Waals surface area contributed by atoms with Crippen LogP contribution in [0.25, 0.3) is 0 Å². The molecule has 0 aromatic heterocycles. The third-order valence-corrected chi connectivity index (χ3v) is 3.49. The van der Waals surface area contributed by atoms with E-state index < -0.39 is 40.7 Å². The number of halogens is 3. The van der Waals surface area contributed by atoms with Crippen molar-refractivity contribution in [1.82, 2.24) is 4.90 Å². The number of carbonyl (C=O) groups excluding carboxylic acids is 2. The van der Waals surface area contributed by atoms with Gasteiger partial charge >= 0.3 is 12.2 Å². The molecule has 0 heterocycles. The molecule has 26 heavy (non-hydrogen) atoms. The minimum Gasteiger partial charge on any atom is -0.504 e. The number of nitrogens with zero attached hydrogens (tertiary/aromatic N) is 1. The smallest absolute Gasteiger partial charge is 0.417 e. The molecule has 0 fully saturated rings. The minimum absolute atomic E-state index is 0.366. The van der Waals surface area contributed by atoms with Crippen LogP contribution in [0.2, 0.25) is 0 Å². The second-order valence-corrected chi connectivity index (χ2v) is 5.23. The minimum atomic E-state index is -4.89. The fourth-order valence-corrected chi connectivity index (χ4v) is 2.15. The fourth-order valence-electron chi connectivity index (χ4n) is 2.15.